The number of hydrogen-bond donors (Lipinski definition) is 2. The maximum Gasteiger partial charge on any atom is 0.251 e. The van der Waals surface area contributed by atoms with Crippen molar-refractivity contribution in [3.8, 4) is 6.07 Å². The van der Waals surface area contributed by atoms with Crippen LogP contribution in [0.3, 0.4) is 0 Å². The van der Waals surface area contributed by atoms with E-state index in [-0.39, 0.29) is 18.4 Å². The second kappa shape index (κ2) is 9.41. The molecule has 2 atom stereocenters. The molecule has 2 fully saturated rings. The van der Waals surface area contributed by atoms with Gasteiger partial charge in [0.2, 0.25) is 5.95 Å². The Labute approximate surface area is 202 Å². The maximum absolute atomic E-state index is 12.4. The van der Waals surface area contributed by atoms with Crippen LogP contribution in [0.15, 0.2) is 48.9 Å². The van der Waals surface area contributed by atoms with Gasteiger partial charge in [0, 0.05) is 37.4 Å². The average molecular weight is 478 g/mol. The minimum atomic E-state index is -0.742. The van der Waals surface area contributed by atoms with Crippen molar-refractivity contribution >= 4 is 29.1 Å². The van der Waals surface area contributed by atoms with Crippen LogP contribution in [0.5, 0.6) is 0 Å². The van der Waals surface area contributed by atoms with E-state index in [1.165, 1.54) is 6.20 Å². The van der Waals surface area contributed by atoms with Gasteiger partial charge in [0.15, 0.2) is 0 Å². The average Bonchev–Trinajstić information content (AvgIpc) is 3.42. The third kappa shape index (κ3) is 4.60. The molecule has 1 saturated carbocycles. The number of nitrogens with one attached hydrogen (secondary N) is 2. The first-order chi connectivity index (χ1) is 16.6. The van der Waals surface area contributed by atoms with E-state index in [0.29, 0.717) is 34.7 Å². The number of carbonyl (C=O) groups is 1. The molecule has 2 aromatic heterocycles. The quantitative estimate of drug-likeness (QED) is 0.530. The summed E-state index contributed by atoms with van der Waals surface area (Å²) in [5, 5.41) is 20.8. The monoisotopic (exact) mass is 477 g/mol. The molecule has 0 spiro atoms. The Morgan fingerprint density at radius 1 is 1.26 bits per heavy atom. The molecule has 2 aliphatic rings. The van der Waals surface area contributed by atoms with E-state index in [9.17, 15) is 10.1 Å². The molecule has 0 radical (unpaired) electrons. The zero-order valence-electron chi connectivity index (χ0n) is 18.4. The number of hydrogen-bond acceptors (Lipinski definition) is 7. The number of nitrogens with zero attached hydrogens (tertiary/aromatic N) is 5. The third-order valence-electron chi connectivity index (χ3n) is 6.42. The molecule has 1 aliphatic heterocycles. The van der Waals surface area contributed by atoms with E-state index in [2.05, 4.69) is 31.8 Å². The Morgan fingerprint density at radius 3 is 2.82 bits per heavy atom. The molecular formula is C24H24ClN7O2. The molecular weight excluding hydrogens is 454 g/mol. The first kappa shape index (κ1) is 22.3. The number of nitriles is 1. The molecule has 1 aromatic carbocycles. The van der Waals surface area contributed by atoms with E-state index < -0.39 is 5.41 Å². The van der Waals surface area contributed by atoms with Crippen LogP contribution in [0.2, 0.25) is 5.02 Å². The predicted molar refractivity (Wildman–Crippen MR) is 126 cm³/mol. The van der Waals surface area contributed by atoms with Crippen LogP contribution in [0.25, 0.3) is 0 Å². The molecule has 0 bridgehead atoms. The van der Waals surface area contributed by atoms with Crippen LogP contribution in [0, 0.1) is 16.7 Å². The number of ether oxygens (including phenoxy) is 1. The number of anilines is 2. The summed E-state index contributed by atoms with van der Waals surface area (Å²) in [6.45, 7) is 1.71. The second-order valence-corrected chi connectivity index (χ2v) is 9.08. The van der Waals surface area contributed by atoms with Crippen LogP contribution >= 0.6 is 11.6 Å². The third-order valence-corrected chi connectivity index (χ3v) is 6.71. The molecule has 5 rings (SSSR count). The van der Waals surface area contributed by atoms with Gasteiger partial charge in [-0.05, 0) is 31.4 Å². The van der Waals surface area contributed by atoms with Gasteiger partial charge < -0.3 is 15.4 Å². The van der Waals surface area contributed by atoms with Crippen LogP contribution in [-0.2, 0) is 4.74 Å². The van der Waals surface area contributed by atoms with Crippen LogP contribution in [-0.4, -0.2) is 45.4 Å². The topological polar surface area (TPSA) is 118 Å². The van der Waals surface area contributed by atoms with Gasteiger partial charge in [0.25, 0.3) is 5.91 Å². The minimum absolute atomic E-state index is 0.186. The van der Waals surface area contributed by atoms with Crippen molar-refractivity contribution in [3.63, 3.8) is 0 Å². The lowest BCUT2D eigenvalue weighted by molar-refractivity contribution is 0.0662. The summed E-state index contributed by atoms with van der Waals surface area (Å²) < 4.78 is 7.36. The summed E-state index contributed by atoms with van der Waals surface area (Å²) in [6, 6.07) is 11.6. The fraction of sp³-hybridized carbons (Fsp3) is 0.375. The number of amides is 1. The Kier molecular flexibility index (Phi) is 6.18. The van der Waals surface area contributed by atoms with Gasteiger partial charge in [-0.1, -0.05) is 29.8 Å². The Morgan fingerprint density at radius 2 is 2.06 bits per heavy atom. The van der Waals surface area contributed by atoms with Crippen molar-refractivity contribution < 1.29 is 9.53 Å². The van der Waals surface area contributed by atoms with Crippen molar-refractivity contribution in [2.24, 2.45) is 5.41 Å². The molecule has 9 nitrogen and oxygen atoms in total. The SMILES string of the molecule is N#CC1(CNC(=O)c2ccccc2)CC1c1nc(Nc2cnn(C3CCOCC3)c2)ncc1Cl. The highest BCUT2D eigenvalue weighted by Crippen LogP contribution is 2.59. The van der Waals surface area contributed by atoms with Gasteiger partial charge >= 0.3 is 0 Å². The smallest absolute Gasteiger partial charge is 0.251 e. The van der Waals surface area contributed by atoms with E-state index in [1.807, 2.05) is 16.9 Å². The highest BCUT2D eigenvalue weighted by Gasteiger charge is 2.57. The highest BCUT2D eigenvalue weighted by molar-refractivity contribution is 6.31. The highest BCUT2D eigenvalue weighted by atomic mass is 35.5. The molecule has 1 saturated heterocycles. The second-order valence-electron chi connectivity index (χ2n) is 8.68. The van der Waals surface area contributed by atoms with E-state index in [0.717, 1.165) is 31.7 Å². The van der Waals surface area contributed by atoms with Gasteiger partial charge in [-0.25, -0.2) is 9.97 Å². The van der Waals surface area contributed by atoms with Crippen molar-refractivity contribution in [3.05, 3.63) is 65.2 Å². The van der Waals surface area contributed by atoms with E-state index >= 15 is 0 Å². The van der Waals surface area contributed by atoms with Crippen molar-refractivity contribution in [2.45, 2.75) is 31.2 Å². The van der Waals surface area contributed by atoms with Gasteiger partial charge in [-0.15, -0.1) is 0 Å². The molecule has 1 aliphatic carbocycles. The Balaban J connectivity index is 1.26. The molecule has 34 heavy (non-hydrogen) atoms. The van der Waals surface area contributed by atoms with Crippen molar-refractivity contribution in [1.29, 1.82) is 5.26 Å². The molecule has 174 valence electrons. The van der Waals surface area contributed by atoms with Crippen molar-refractivity contribution in [1.82, 2.24) is 25.1 Å². The van der Waals surface area contributed by atoms with Crippen LogP contribution < -0.4 is 10.6 Å². The standard InChI is InChI=1S/C24H24ClN7O2/c25-20-12-27-23(30-17-11-29-32(13-17)18-6-8-34-9-7-18)31-21(20)19-10-24(19,14-26)15-28-22(33)16-4-2-1-3-5-16/h1-5,11-13,18-19H,6-10,15H2,(H,28,33)(H,27,30,31). The molecule has 2 unspecified atom stereocenters. The lowest BCUT2D eigenvalue weighted by Gasteiger charge is -2.22. The summed E-state index contributed by atoms with van der Waals surface area (Å²) in [7, 11) is 0. The Hall–Kier alpha value is -3.48. The zero-order chi connectivity index (χ0) is 23.5. The van der Waals surface area contributed by atoms with E-state index in [4.69, 9.17) is 16.3 Å². The fourth-order valence-electron chi connectivity index (χ4n) is 4.32. The lowest BCUT2D eigenvalue weighted by Crippen LogP contribution is -2.30. The summed E-state index contributed by atoms with van der Waals surface area (Å²) in [5.41, 5.74) is 1.19. The molecule has 1 amide bonds. The molecule has 3 heterocycles. The van der Waals surface area contributed by atoms with Crippen LogP contribution in [0.1, 0.15) is 47.3 Å². The minimum Gasteiger partial charge on any atom is -0.381 e. The maximum atomic E-state index is 12.4. The number of aromatic nitrogens is 4. The van der Waals surface area contributed by atoms with E-state index in [1.54, 1.807) is 30.5 Å². The summed E-state index contributed by atoms with van der Waals surface area (Å²) in [4.78, 5) is 21.3. The molecule has 3 aromatic rings. The first-order valence-electron chi connectivity index (χ1n) is 11.2. The van der Waals surface area contributed by atoms with Crippen LogP contribution in [0.4, 0.5) is 11.6 Å². The number of carbonyl (C=O) groups excluding carboxylic acids is 1. The number of benzene rings is 1. The normalized spacial score (nSPS) is 22.1. The molecule has 2 N–H and O–H groups in total. The summed E-state index contributed by atoms with van der Waals surface area (Å²) in [5.74, 6) is -0.00821. The predicted octanol–water partition coefficient (Wildman–Crippen LogP) is 3.85. The zero-order valence-corrected chi connectivity index (χ0v) is 19.2. The number of halogens is 1. The Bertz CT molecular complexity index is 1220. The van der Waals surface area contributed by atoms with Crippen molar-refractivity contribution in [2.75, 3.05) is 25.1 Å². The van der Waals surface area contributed by atoms with Gasteiger partial charge in [0.05, 0.1) is 46.3 Å². The lowest BCUT2D eigenvalue weighted by atomic mass is 10.0. The fourth-order valence-corrected chi connectivity index (χ4v) is 4.54. The first-order valence-corrected chi connectivity index (χ1v) is 11.6. The number of rotatable bonds is 7. The summed E-state index contributed by atoms with van der Waals surface area (Å²) in [6.07, 6.45) is 7.64. The summed E-state index contributed by atoms with van der Waals surface area (Å²) >= 11 is 6.40. The van der Waals surface area contributed by atoms with Gasteiger partial charge in [0.1, 0.15) is 0 Å². The molecule has 10 heteroatoms. The van der Waals surface area contributed by atoms with Gasteiger partial charge in [-0.3, -0.25) is 9.48 Å². The largest absolute Gasteiger partial charge is 0.381 e. The van der Waals surface area contributed by atoms with Gasteiger partial charge in [-0.2, -0.15) is 10.4 Å².